The van der Waals surface area contributed by atoms with Crippen LogP contribution in [0.1, 0.15) is 32.0 Å². The lowest BCUT2D eigenvalue weighted by molar-refractivity contribution is -0.140. The van der Waals surface area contributed by atoms with Gasteiger partial charge < -0.3 is 4.74 Å². The minimum absolute atomic E-state index is 0.221. The quantitative estimate of drug-likeness (QED) is 0.469. The molecule has 0 amide bonds. The Balaban J connectivity index is 2.62. The molecule has 0 unspecified atom stereocenters. The SMILES string of the molecule is COC(=O)CCSc1cc(Cl)nc(C(C)C)n1. The average molecular weight is 275 g/mol. The summed E-state index contributed by atoms with van der Waals surface area (Å²) >= 11 is 7.38. The second kappa shape index (κ2) is 6.81. The summed E-state index contributed by atoms with van der Waals surface area (Å²) in [5.74, 6) is 1.35. The molecule has 0 bridgehead atoms. The van der Waals surface area contributed by atoms with Crippen molar-refractivity contribution < 1.29 is 9.53 Å². The Labute approximate surface area is 110 Å². The van der Waals surface area contributed by atoms with Crippen LogP contribution in [0.3, 0.4) is 0 Å². The maximum atomic E-state index is 10.9. The average Bonchev–Trinajstić information content (AvgIpc) is 2.28. The maximum absolute atomic E-state index is 10.9. The molecule has 0 aromatic carbocycles. The topological polar surface area (TPSA) is 52.1 Å². The second-order valence-corrected chi connectivity index (χ2v) is 5.22. The van der Waals surface area contributed by atoms with E-state index in [1.165, 1.54) is 18.9 Å². The van der Waals surface area contributed by atoms with Gasteiger partial charge in [0.05, 0.1) is 13.5 Å². The van der Waals surface area contributed by atoms with E-state index in [-0.39, 0.29) is 11.9 Å². The summed E-state index contributed by atoms with van der Waals surface area (Å²) in [5.41, 5.74) is 0. The number of ether oxygens (including phenoxy) is 1. The zero-order valence-corrected chi connectivity index (χ0v) is 11.6. The van der Waals surface area contributed by atoms with Crippen LogP contribution in [0.4, 0.5) is 0 Å². The van der Waals surface area contributed by atoms with Crippen LogP contribution >= 0.6 is 23.4 Å². The fraction of sp³-hybridized carbons (Fsp3) is 0.545. The van der Waals surface area contributed by atoms with Gasteiger partial charge in [-0.2, -0.15) is 0 Å². The van der Waals surface area contributed by atoms with E-state index < -0.39 is 0 Å². The van der Waals surface area contributed by atoms with Gasteiger partial charge in [-0.05, 0) is 0 Å². The minimum Gasteiger partial charge on any atom is -0.469 e. The van der Waals surface area contributed by atoms with E-state index in [4.69, 9.17) is 11.6 Å². The number of nitrogens with zero attached hydrogens (tertiary/aromatic N) is 2. The summed E-state index contributed by atoms with van der Waals surface area (Å²) in [4.78, 5) is 19.5. The van der Waals surface area contributed by atoms with Crippen molar-refractivity contribution in [1.82, 2.24) is 9.97 Å². The standard InChI is InChI=1S/C11H15ClN2O2S/c1-7(2)11-13-8(12)6-9(14-11)17-5-4-10(15)16-3/h6-7H,4-5H2,1-3H3. The van der Waals surface area contributed by atoms with Gasteiger partial charge in [0, 0.05) is 17.7 Å². The molecule has 1 aromatic heterocycles. The molecular weight excluding hydrogens is 260 g/mol. The van der Waals surface area contributed by atoms with Gasteiger partial charge in [0.1, 0.15) is 16.0 Å². The van der Waals surface area contributed by atoms with Crippen LogP contribution < -0.4 is 0 Å². The lowest BCUT2D eigenvalue weighted by Gasteiger charge is -2.06. The van der Waals surface area contributed by atoms with E-state index >= 15 is 0 Å². The van der Waals surface area contributed by atoms with Crippen molar-refractivity contribution in [1.29, 1.82) is 0 Å². The molecule has 6 heteroatoms. The fourth-order valence-corrected chi connectivity index (χ4v) is 2.17. The molecule has 0 atom stereocenters. The zero-order chi connectivity index (χ0) is 12.8. The summed E-state index contributed by atoms with van der Waals surface area (Å²) in [6.07, 6.45) is 0.361. The monoisotopic (exact) mass is 274 g/mol. The van der Waals surface area contributed by atoms with E-state index in [2.05, 4.69) is 14.7 Å². The number of hydrogen-bond acceptors (Lipinski definition) is 5. The molecule has 0 saturated heterocycles. The molecule has 17 heavy (non-hydrogen) atoms. The number of halogens is 1. The molecule has 0 aliphatic heterocycles. The van der Waals surface area contributed by atoms with Gasteiger partial charge in [-0.15, -0.1) is 11.8 Å². The lowest BCUT2D eigenvalue weighted by atomic mass is 10.2. The van der Waals surface area contributed by atoms with Crippen molar-refractivity contribution in [2.45, 2.75) is 31.2 Å². The molecule has 1 aromatic rings. The van der Waals surface area contributed by atoms with Crippen LogP contribution in [0.25, 0.3) is 0 Å². The number of thioether (sulfide) groups is 1. The third-order valence-corrected chi connectivity index (χ3v) is 3.10. The molecule has 0 fully saturated rings. The van der Waals surface area contributed by atoms with E-state index in [0.29, 0.717) is 17.3 Å². The summed E-state index contributed by atoms with van der Waals surface area (Å²) < 4.78 is 4.56. The first-order valence-corrected chi connectivity index (χ1v) is 6.63. The van der Waals surface area contributed by atoms with Gasteiger partial charge in [-0.3, -0.25) is 4.79 Å². The number of hydrogen-bond donors (Lipinski definition) is 0. The van der Waals surface area contributed by atoms with Crippen molar-refractivity contribution >= 4 is 29.3 Å². The van der Waals surface area contributed by atoms with E-state index in [9.17, 15) is 4.79 Å². The maximum Gasteiger partial charge on any atom is 0.306 e. The van der Waals surface area contributed by atoms with E-state index in [1.807, 2.05) is 13.8 Å². The number of rotatable bonds is 5. The Morgan fingerprint density at radius 2 is 2.24 bits per heavy atom. The number of methoxy groups -OCH3 is 1. The van der Waals surface area contributed by atoms with E-state index in [0.717, 1.165) is 10.9 Å². The van der Waals surface area contributed by atoms with Gasteiger partial charge in [-0.1, -0.05) is 25.4 Å². The minimum atomic E-state index is -0.221. The largest absolute Gasteiger partial charge is 0.469 e. The highest BCUT2D eigenvalue weighted by Crippen LogP contribution is 2.22. The van der Waals surface area contributed by atoms with Crippen molar-refractivity contribution in [3.05, 3.63) is 17.0 Å². The molecule has 4 nitrogen and oxygen atoms in total. The smallest absolute Gasteiger partial charge is 0.306 e. The van der Waals surface area contributed by atoms with Gasteiger partial charge in [0.2, 0.25) is 0 Å². The molecule has 0 N–H and O–H groups in total. The summed E-state index contributed by atoms with van der Waals surface area (Å²) in [7, 11) is 1.38. The molecule has 0 aliphatic carbocycles. The molecular formula is C11H15ClN2O2S. The van der Waals surface area contributed by atoms with Gasteiger partial charge in [-0.25, -0.2) is 9.97 Å². The first-order valence-electron chi connectivity index (χ1n) is 5.27. The summed E-state index contributed by atoms with van der Waals surface area (Å²) in [6.45, 7) is 4.02. The Hall–Kier alpha value is -0.810. The third-order valence-electron chi connectivity index (χ3n) is 1.99. The molecule has 0 saturated carbocycles. The molecule has 0 aliphatic rings. The van der Waals surface area contributed by atoms with Crippen molar-refractivity contribution in [3.63, 3.8) is 0 Å². The highest BCUT2D eigenvalue weighted by molar-refractivity contribution is 7.99. The van der Waals surface area contributed by atoms with Crippen molar-refractivity contribution in [3.8, 4) is 0 Å². The van der Waals surface area contributed by atoms with Gasteiger partial charge in [0.15, 0.2) is 0 Å². The Morgan fingerprint density at radius 3 is 2.82 bits per heavy atom. The van der Waals surface area contributed by atoms with Gasteiger partial charge in [0.25, 0.3) is 0 Å². The zero-order valence-electron chi connectivity index (χ0n) is 10.1. The van der Waals surface area contributed by atoms with Crippen LogP contribution in [0.2, 0.25) is 5.15 Å². The highest BCUT2D eigenvalue weighted by atomic mass is 35.5. The van der Waals surface area contributed by atoms with Crippen LogP contribution in [0.15, 0.2) is 11.1 Å². The van der Waals surface area contributed by atoms with Crippen molar-refractivity contribution in [2.24, 2.45) is 0 Å². The molecule has 0 radical (unpaired) electrons. The summed E-state index contributed by atoms with van der Waals surface area (Å²) in [5, 5.41) is 1.22. The Kier molecular flexibility index (Phi) is 5.71. The number of esters is 1. The second-order valence-electron chi connectivity index (χ2n) is 3.72. The molecule has 1 rings (SSSR count). The van der Waals surface area contributed by atoms with Gasteiger partial charge >= 0.3 is 5.97 Å². The first-order chi connectivity index (χ1) is 8.02. The van der Waals surface area contributed by atoms with Crippen LogP contribution in [-0.2, 0) is 9.53 Å². The van der Waals surface area contributed by atoms with E-state index in [1.54, 1.807) is 6.07 Å². The normalized spacial score (nSPS) is 10.6. The van der Waals surface area contributed by atoms with Crippen LogP contribution in [0.5, 0.6) is 0 Å². The third kappa shape index (κ3) is 4.91. The lowest BCUT2D eigenvalue weighted by Crippen LogP contribution is -2.02. The summed E-state index contributed by atoms with van der Waals surface area (Å²) in [6, 6.07) is 1.70. The predicted octanol–water partition coefficient (Wildman–Crippen LogP) is 2.91. The Morgan fingerprint density at radius 1 is 1.53 bits per heavy atom. The van der Waals surface area contributed by atoms with Crippen LogP contribution in [0, 0.1) is 0 Å². The molecule has 0 spiro atoms. The fourth-order valence-electron chi connectivity index (χ4n) is 1.09. The number of carbonyl (C=O) groups is 1. The first kappa shape index (κ1) is 14.3. The number of aromatic nitrogens is 2. The molecule has 94 valence electrons. The molecule has 1 heterocycles. The van der Waals surface area contributed by atoms with Crippen LogP contribution in [-0.4, -0.2) is 28.8 Å². The Bertz CT molecular complexity index is 399. The van der Waals surface area contributed by atoms with Crippen molar-refractivity contribution in [2.75, 3.05) is 12.9 Å². The highest BCUT2D eigenvalue weighted by Gasteiger charge is 2.08. The number of carbonyl (C=O) groups excluding carboxylic acids is 1. The predicted molar refractivity (Wildman–Crippen MR) is 68.5 cm³/mol.